The van der Waals surface area contributed by atoms with Crippen LogP contribution in [0.5, 0.6) is 0 Å². The predicted molar refractivity (Wildman–Crippen MR) is 109 cm³/mol. The van der Waals surface area contributed by atoms with Crippen molar-refractivity contribution in [3.05, 3.63) is 40.4 Å². The third-order valence-electron chi connectivity index (χ3n) is 6.75. The number of hydrogen-bond donors (Lipinski definition) is 1. The molecule has 7 heteroatoms. The number of rotatable bonds is 3. The van der Waals surface area contributed by atoms with E-state index in [4.69, 9.17) is 4.74 Å². The van der Waals surface area contributed by atoms with Gasteiger partial charge in [-0.05, 0) is 36.8 Å². The van der Waals surface area contributed by atoms with E-state index in [2.05, 4.69) is 14.9 Å². The number of benzene rings is 1. The van der Waals surface area contributed by atoms with Crippen molar-refractivity contribution in [1.82, 2.24) is 19.8 Å². The van der Waals surface area contributed by atoms with Gasteiger partial charge in [-0.2, -0.15) is 0 Å². The van der Waals surface area contributed by atoms with Gasteiger partial charge in [0.05, 0.1) is 24.1 Å². The van der Waals surface area contributed by atoms with Crippen LogP contribution in [-0.4, -0.2) is 64.6 Å². The average molecular weight is 396 g/mol. The molecular formula is C22H28N4O3. The number of amides is 1. The van der Waals surface area contributed by atoms with Gasteiger partial charge >= 0.3 is 0 Å². The highest BCUT2D eigenvalue weighted by atomic mass is 16.5. The normalized spacial score (nSPS) is 27.9. The second kappa shape index (κ2) is 7.88. The van der Waals surface area contributed by atoms with Gasteiger partial charge in [-0.1, -0.05) is 25.0 Å². The van der Waals surface area contributed by atoms with Crippen molar-refractivity contribution in [3.63, 3.8) is 0 Å². The molecule has 1 N–H and O–H groups in total. The highest BCUT2D eigenvalue weighted by Gasteiger charge is 2.39. The molecule has 2 aliphatic heterocycles. The van der Waals surface area contributed by atoms with Crippen molar-refractivity contribution < 1.29 is 9.53 Å². The van der Waals surface area contributed by atoms with Gasteiger partial charge in [-0.25, -0.2) is 4.98 Å². The summed E-state index contributed by atoms with van der Waals surface area (Å²) in [4.78, 5) is 37.1. The quantitative estimate of drug-likeness (QED) is 0.856. The SMILES string of the molecule is O=C(C1CN(Cc2nc3ccccc3c(=O)[nH]2)CCO1)N1C[C@H]2CCCC[C@H]2C1. The number of hydrogen-bond acceptors (Lipinski definition) is 5. The smallest absolute Gasteiger partial charge is 0.258 e. The number of morpholine rings is 1. The molecule has 1 saturated carbocycles. The minimum Gasteiger partial charge on any atom is -0.366 e. The molecule has 7 nitrogen and oxygen atoms in total. The minimum absolute atomic E-state index is 0.119. The van der Waals surface area contributed by atoms with Crippen molar-refractivity contribution in [1.29, 1.82) is 0 Å². The van der Waals surface area contributed by atoms with Gasteiger partial charge in [0.15, 0.2) is 0 Å². The lowest BCUT2D eigenvalue weighted by molar-refractivity contribution is -0.149. The summed E-state index contributed by atoms with van der Waals surface area (Å²) in [6.07, 6.45) is 4.69. The Hall–Kier alpha value is -2.25. The second-order valence-electron chi connectivity index (χ2n) is 8.67. The van der Waals surface area contributed by atoms with Crippen LogP contribution in [0.2, 0.25) is 0 Å². The van der Waals surface area contributed by atoms with E-state index in [0.717, 1.165) is 19.6 Å². The lowest BCUT2D eigenvalue weighted by Gasteiger charge is -2.33. The number of likely N-dealkylation sites (tertiary alicyclic amines) is 1. The zero-order chi connectivity index (χ0) is 19.8. The molecule has 0 radical (unpaired) electrons. The van der Waals surface area contributed by atoms with Crippen LogP contribution >= 0.6 is 0 Å². The van der Waals surface area contributed by atoms with E-state index in [-0.39, 0.29) is 11.5 Å². The van der Waals surface area contributed by atoms with Crippen LogP contribution in [0.15, 0.2) is 29.1 Å². The second-order valence-corrected chi connectivity index (χ2v) is 8.67. The van der Waals surface area contributed by atoms with Crippen LogP contribution in [-0.2, 0) is 16.1 Å². The number of fused-ring (bicyclic) bond motifs is 2. The number of carbonyl (C=O) groups is 1. The molecule has 154 valence electrons. The zero-order valence-corrected chi connectivity index (χ0v) is 16.7. The number of ether oxygens (including phenoxy) is 1. The number of para-hydroxylation sites is 1. The van der Waals surface area contributed by atoms with Gasteiger partial charge in [-0.3, -0.25) is 14.5 Å². The summed E-state index contributed by atoms with van der Waals surface area (Å²) in [6.45, 7) is 4.09. The molecule has 3 aliphatic rings. The van der Waals surface area contributed by atoms with Crippen molar-refractivity contribution in [2.75, 3.05) is 32.8 Å². The van der Waals surface area contributed by atoms with Crippen LogP contribution in [0.3, 0.4) is 0 Å². The number of H-pyrrole nitrogens is 1. The van der Waals surface area contributed by atoms with Crippen molar-refractivity contribution >= 4 is 16.8 Å². The lowest BCUT2D eigenvalue weighted by atomic mass is 9.82. The largest absolute Gasteiger partial charge is 0.366 e. The van der Waals surface area contributed by atoms with E-state index in [0.29, 0.717) is 48.3 Å². The molecule has 0 bridgehead atoms. The van der Waals surface area contributed by atoms with E-state index >= 15 is 0 Å². The molecule has 1 amide bonds. The van der Waals surface area contributed by atoms with Crippen LogP contribution in [0.4, 0.5) is 0 Å². The molecule has 1 aromatic heterocycles. The Labute approximate surface area is 170 Å². The Morgan fingerprint density at radius 3 is 2.69 bits per heavy atom. The standard InChI is InChI=1S/C22H28N4O3/c27-21-17-7-3-4-8-18(17)23-20(24-21)14-25-9-10-29-19(13-25)22(28)26-11-15-5-1-2-6-16(15)12-26/h3-4,7-8,15-16,19H,1-2,5-6,9-14H2,(H,23,24,27)/t15-,16+,19?. The Balaban J connectivity index is 1.25. The van der Waals surface area contributed by atoms with Gasteiger partial charge in [0.25, 0.3) is 11.5 Å². The highest BCUT2D eigenvalue weighted by Crippen LogP contribution is 2.36. The fourth-order valence-corrected chi connectivity index (χ4v) is 5.21. The maximum atomic E-state index is 13.1. The third kappa shape index (κ3) is 3.81. The lowest BCUT2D eigenvalue weighted by Crippen LogP contribution is -2.50. The first-order valence-electron chi connectivity index (χ1n) is 10.8. The molecule has 0 spiro atoms. The van der Waals surface area contributed by atoms with E-state index in [1.807, 2.05) is 23.1 Å². The summed E-state index contributed by atoms with van der Waals surface area (Å²) >= 11 is 0. The monoisotopic (exact) mass is 396 g/mol. The Morgan fingerprint density at radius 2 is 1.90 bits per heavy atom. The third-order valence-corrected chi connectivity index (χ3v) is 6.75. The number of carbonyl (C=O) groups excluding carboxylic acids is 1. The molecular weight excluding hydrogens is 368 g/mol. The molecule has 2 saturated heterocycles. The Kier molecular flexibility index (Phi) is 5.09. The van der Waals surface area contributed by atoms with Crippen molar-refractivity contribution in [2.24, 2.45) is 11.8 Å². The van der Waals surface area contributed by atoms with Crippen LogP contribution in [0.25, 0.3) is 10.9 Å². The molecule has 3 atom stereocenters. The van der Waals surface area contributed by atoms with Crippen LogP contribution < -0.4 is 5.56 Å². The number of nitrogens with zero attached hydrogens (tertiary/aromatic N) is 3. The molecule has 3 fully saturated rings. The van der Waals surface area contributed by atoms with Gasteiger partial charge in [-0.15, -0.1) is 0 Å². The first-order valence-corrected chi connectivity index (χ1v) is 10.8. The van der Waals surface area contributed by atoms with E-state index in [9.17, 15) is 9.59 Å². The van der Waals surface area contributed by atoms with E-state index in [1.54, 1.807) is 6.07 Å². The topological polar surface area (TPSA) is 78.5 Å². The Morgan fingerprint density at radius 1 is 1.14 bits per heavy atom. The maximum absolute atomic E-state index is 13.1. The molecule has 2 aromatic rings. The summed E-state index contributed by atoms with van der Waals surface area (Å²) in [6, 6.07) is 7.36. The van der Waals surface area contributed by atoms with Crippen LogP contribution in [0, 0.1) is 11.8 Å². The highest BCUT2D eigenvalue weighted by molar-refractivity contribution is 5.81. The summed E-state index contributed by atoms with van der Waals surface area (Å²) in [5.41, 5.74) is 0.581. The van der Waals surface area contributed by atoms with Gasteiger partial charge in [0.2, 0.25) is 0 Å². The van der Waals surface area contributed by atoms with E-state index < -0.39 is 6.10 Å². The summed E-state index contributed by atoms with van der Waals surface area (Å²) in [5.74, 6) is 2.12. The van der Waals surface area contributed by atoms with Crippen molar-refractivity contribution in [2.45, 2.75) is 38.3 Å². The predicted octanol–water partition coefficient (Wildman–Crippen LogP) is 1.77. The maximum Gasteiger partial charge on any atom is 0.258 e. The number of nitrogens with one attached hydrogen (secondary N) is 1. The molecule has 5 rings (SSSR count). The van der Waals surface area contributed by atoms with Gasteiger partial charge in [0, 0.05) is 26.2 Å². The molecule has 3 heterocycles. The molecule has 1 aromatic carbocycles. The Bertz CT molecular complexity index is 944. The minimum atomic E-state index is -0.420. The van der Waals surface area contributed by atoms with Gasteiger partial charge < -0.3 is 14.6 Å². The fraction of sp³-hybridized carbons (Fsp3) is 0.591. The summed E-state index contributed by atoms with van der Waals surface area (Å²) in [5, 5.41) is 0.599. The molecule has 29 heavy (non-hydrogen) atoms. The molecule has 1 unspecified atom stereocenters. The molecule has 1 aliphatic carbocycles. The van der Waals surface area contributed by atoms with Crippen molar-refractivity contribution in [3.8, 4) is 0 Å². The first-order chi connectivity index (χ1) is 14.2. The summed E-state index contributed by atoms with van der Waals surface area (Å²) < 4.78 is 5.84. The van der Waals surface area contributed by atoms with E-state index in [1.165, 1.54) is 25.7 Å². The number of aromatic amines is 1. The fourth-order valence-electron chi connectivity index (χ4n) is 5.21. The average Bonchev–Trinajstić information content (AvgIpc) is 3.18. The number of aromatic nitrogens is 2. The first kappa shape index (κ1) is 18.8. The van der Waals surface area contributed by atoms with Gasteiger partial charge in [0.1, 0.15) is 11.9 Å². The summed E-state index contributed by atoms with van der Waals surface area (Å²) in [7, 11) is 0. The van der Waals surface area contributed by atoms with Crippen LogP contribution in [0.1, 0.15) is 31.5 Å². The zero-order valence-electron chi connectivity index (χ0n) is 16.7.